The summed E-state index contributed by atoms with van der Waals surface area (Å²) >= 11 is 0. The number of nitrogens with one attached hydrogen (secondary N) is 3. The van der Waals surface area contributed by atoms with Crippen LogP contribution in [-0.4, -0.2) is 123 Å². The van der Waals surface area contributed by atoms with E-state index in [4.69, 9.17) is 19.9 Å². The van der Waals surface area contributed by atoms with E-state index in [-0.39, 0.29) is 54.2 Å². The van der Waals surface area contributed by atoms with Crippen molar-refractivity contribution >= 4 is 35.3 Å². The molecular formula is C47H74N6O8. The van der Waals surface area contributed by atoms with Crippen molar-refractivity contribution in [3.05, 3.63) is 65.7 Å². The van der Waals surface area contributed by atoms with Crippen molar-refractivity contribution < 1.29 is 38.2 Å². The van der Waals surface area contributed by atoms with E-state index >= 15 is 0 Å². The first-order valence-electron chi connectivity index (χ1n) is 21.9. The number of rotatable bonds is 24. The Bertz CT molecular complexity index is 1690. The number of benzene rings is 2. The number of hydrogen-bond donors (Lipinski definition) is 4. The largest absolute Gasteiger partial charge is 0.467 e. The van der Waals surface area contributed by atoms with Gasteiger partial charge in [-0.2, -0.15) is 0 Å². The van der Waals surface area contributed by atoms with Gasteiger partial charge in [0.25, 0.3) is 0 Å². The molecule has 1 fully saturated rings. The van der Waals surface area contributed by atoms with E-state index in [0.29, 0.717) is 38.0 Å². The number of likely N-dealkylation sites (N-methyl/N-ethyl adjacent to an activating group) is 1. The molecule has 1 heterocycles. The number of methoxy groups -OCH3 is 3. The van der Waals surface area contributed by atoms with Crippen LogP contribution in [0.4, 0.5) is 5.69 Å². The van der Waals surface area contributed by atoms with Crippen LogP contribution >= 0.6 is 0 Å². The number of esters is 1. The van der Waals surface area contributed by atoms with Crippen molar-refractivity contribution in [2.24, 2.45) is 23.7 Å². The molecule has 1 aliphatic heterocycles. The molecule has 2 aromatic rings. The van der Waals surface area contributed by atoms with Crippen molar-refractivity contribution in [1.29, 1.82) is 0 Å². The van der Waals surface area contributed by atoms with Gasteiger partial charge in [0.2, 0.25) is 23.6 Å². The lowest BCUT2D eigenvalue weighted by Gasteiger charge is -2.41. The minimum atomic E-state index is -0.899. The number of nitrogens with two attached hydrogens (primary N) is 1. The van der Waals surface area contributed by atoms with E-state index in [1.807, 2.05) is 96.1 Å². The van der Waals surface area contributed by atoms with Crippen LogP contribution < -0.4 is 21.7 Å². The van der Waals surface area contributed by atoms with Crippen LogP contribution in [0.3, 0.4) is 0 Å². The van der Waals surface area contributed by atoms with E-state index in [0.717, 1.165) is 17.5 Å². The normalized spacial score (nSPS) is 18.0. The predicted molar refractivity (Wildman–Crippen MR) is 238 cm³/mol. The second-order valence-electron chi connectivity index (χ2n) is 17.3. The molecule has 61 heavy (non-hydrogen) atoms. The number of ether oxygens (including phenoxy) is 3. The number of likely N-dealkylation sites (tertiary alicyclic amines) is 1. The Kier molecular flexibility index (Phi) is 20.7. The van der Waals surface area contributed by atoms with Gasteiger partial charge in [-0.3, -0.25) is 19.2 Å². The third kappa shape index (κ3) is 14.3. The molecule has 14 nitrogen and oxygen atoms in total. The fraction of sp³-hybridized carbons (Fsp3) is 0.638. The number of anilines is 1. The Morgan fingerprint density at radius 2 is 1.48 bits per heavy atom. The molecule has 14 heteroatoms. The first-order valence-corrected chi connectivity index (χ1v) is 21.9. The lowest BCUT2D eigenvalue weighted by Crippen LogP contribution is -2.60. The first-order chi connectivity index (χ1) is 29.0. The zero-order valence-corrected chi connectivity index (χ0v) is 38.4. The molecule has 9 atom stereocenters. The molecule has 1 aliphatic rings. The van der Waals surface area contributed by atoms with Crippen LogP contribution in [0.1, 0.15) is 85.3 Å². The number of hydrogen-bond acceptors (Lipinski definition) is 10. The number of nitrogen functional groups attached to an aromatic ring is 1. The minimum absolute atomic E-state index is 0.00974. The lowest BCUT2D eigenvalue weighted by atomic mass is 9.89. The summed E-state index contributed by atoms with van der Waals surface area (Å²) < 4.78 is 17.0. The van der Waals surface area contributed by atoms with E-state index in [9.17, 15) is 24.0 Å². The van der Waals surface area contributed by atoms with Gasteiger partial charge in [0, 0.05) is 39.9 Å². The van der Waals surface area contributed by atoms with Gasteiger partial charge < -0.3 is 45.7 Å². The van der Waals surface area contributed by atoms with Crippen molar-refractivity contribution in [1.82, 2.24) is 25.8 Å². The van der Waals surface area contributed by atoms with Gasteiger partial charge in [-0.25, -0.2) is 4.79 Å². The minimum Gasteiger partial charge on any atom is -0.467 e. The fourth-order valence-corrected chi connectivity index (χ4v) is 8.46. The van der Waals surface area contributed by atoms with Crippen LogP contribution in [0, 0.1) is 23.7 Å². The first kappa shape index (κ1) is 50.8. The highest BCUT2D eigenvalue weighted by Gasteiger charge is 2.43. The summed E-state index contributed by atoms with van der Waals surface area (Å²) in [5, 5.41) is 9.33. The third-order valence-electron chi connectivity index (χ3n) is 12.3. The van der Waals surface area contributed by atoms with Gasteiger partial charge in [0.15, 0.2) is 0 Å². The number of amides is 4. The fourth-order valence-electron chi connectivity index (χ4n) is 8.46. The van der Waals surface area contributed by atoms with Gasteiger partial charge in [-0.05, 0) is 66.8 Å². The topological polar surface area (TPSA) is 182 Å². The molecule has 0 aliphatic carbocycles. The molecule has 5 N–H and O–H groups in total. The Hall–Kier alpha value is -4.53. The maximum absolute atomic E-state index is 14.5. The van der Waals surface area contributed by atoms with Crippen LogP contribution in [-0.2, 0) is 51.0 Å². The zero-order chi connectivity index (χ0) is 45.4. The van der Waals surface area contributed by atoms with Crippen molar-refractivity contribution in [2.45, 2.75) is 129 Å². The number of carbonyl (C=O) groups excluding carboxylic acids is 5. The number of nitrogens with zero attached hydrogens (tertiary/aromatic N) is 2. The van der Waals surface area contributed by atoms with Crippen molar-refractivity contribution in [3.8, 4) is 0 Å². The Labute approximate surface area is 364 Å². The molecule has 4 amide bonds. The van der Waals surface area contributed by atoms with Gasteiger partial charge in [0.05, 0.1) is 49.8 Å². The monoisotopic (exact) mass is 851 g/mol. The van der Waals surface area contributed by atoms with Crippen molar-refractivity contribution in [2.75, 3.05) is 47.2 Å². The zero-order valence-electron chi connectivity index (χ0n) is 38.4. The molecule has 0 spiro atoms. The van der Waals surface area contributed by atoms with Crippen LogP contribution in [0.25, 0.3) is 0 Å². The molecule has 0 saturated carbocycles. The Morgan fingerprint density at radius 3 is 2.03 bits per heavy atom. The van der Waals surface area contributed by atoms with Gasteiger partial charge in [0.1, 0.15) is 12.1 Å². The Balaban J connectivity index is 1.75. The van der Waals surface area contributed by atoms with E-state index < -0.39 is 54.3 Å². The summed E-state index contributed by atoms with van der Waals surface area (Å²) in [5.41, 5.74) is 8.51. The maximum Gasteiger partial charge on any atom is 0.328 e. The highest BCUT2D eigenvalue weighted by Crippen LogP contribution is 2.30. The second-order valence-corrected chi connectivity index (χ2v) is 17.3. The quantitative estimate of drug-likeness (QED) is 0.0875. The van der Waals surface area contributed by atoms with Crippen LogP contribution in [0.5, 0.6) is 0 Å². The smallest absolute Gasteiger partial charge is 0.328 e. The maximum atomic E-state index is 14.5. The summed E-state index contributed by atoms with van der Waals surface area (Å²) in [5.74, 6) is -2.65. The Morgan fingerprint density at radius 1 is 0.836 bits per heavy atom. The third-order valence-corrected chi connectivity index (χ3v) is 12.3. The molecular weight excluding hydrogens is 777 g/mol. The standard InChI is InChI=1S/C47H74N6O8/c1-12-31(6)42(52(8)46(57)41(30(4)5)51-45(56)40(29(2)3)49-25-24-33-20-22-35(48)23-21-33)38(59-9)28-39(54)53-26-16-19-37(53)43(60-10)32(7)44(55)50-36(47(58)61-11)27-34-17-14-13-15-18-34/h13-15,17-18,20-23,29-32,36-38,40-43,49H,12,16,19,24-28,48H2,1-11H3,(H,50,55)(H,51,56)/t31-,32+,36-,37-,38+,40-,41-,42-,43+/m0/s1. The van der Waals surface area contributed by atoms with Gasteiger partial charge in [-0.1, -0.05) is 97.4 Å². The van der Waals surface area contributed by atoms with Crippen LogP contribution in [0.2, 0.25) is 0 Å². The molecule has 0 bridgehead atoms. The molecule has 2 aromatic carbocycles. The van der Waals surface area contributed by atoms with Gasteiger partial charge >= 0.3 is 5.97 Å². The molecule has 1 saturated heterocycles. The van der Waals surface area contributed by atoms with E-state index in [1.54, 1.807) is 30.9 Å². The summed E-state index contributed by atoms with van der Waals surface area (Å²) in [6.45, 7) is 14.6. The highest BCUT2D eigenvalue weighted by atomic mass is 16.5. The average molecular weight is 851 g/mol. The highest BCUT2D eigenvalue weighted by molar-refractivity contribution is 5.90. The predicted octanol–water partition coefficient (Wildman–Crippen LogP) is 4.39. The lowest BCUT2D eigenvalue weighted by molar-refractivity contribution is -0.148. The second kappa shape index (κ2) is 24.8. The average Bonchev–Trinajstić information content (AvgIpc) is 3.73. The summed E-state index contributed by atoms with van der Waals surface area (Å²) in [6.07, 6.45) is 1.70. The molecule has 0 aromatic heterocycles. The van der Waals surface area contributed by atoms with Crippen LogP contribution in [0.15, 0.2) is 54.6 Å². The molecule has 3 rings (SSSR count). The SMILES string of the molecule is CC[C@H](C)[C@@H]([C@@H](CC(=O)N1CCC[C@H]1[C@H](OC)[C@@H](C)C(=O)N[C@@H](Cc1ccccc1)C(=O)OC)OC)N(C)C(=O)[C@@H](NC(=O)[C@@H](NCCc1ccc(N)cc1)C(C)C)C(C)C. The molecule has 340 valence electrons. The number of carbonyl (C=O) groups is 5. The summed E-state index contributed by atoms with van der Waals surface area (Å²) in [6, 6.07) is 13.9. The van der Waals surface area contributed by atoms with Crippen molar-refractivity contribution in [3.63, 3.8) is 0 Å². The molecule has 0 unspecified atom stereocenters. The summed E-state index contributed by atoms with van der Waals surface area (Å²) in [7, 11) is 6.09. The van der Waals surface area contributed by atoms with Gasteiger partial charge in [-0.15, -0.1) is 0 Å². The van der Waals surface area contributed by atoms with E-state index in [1.165, 1.54) is 14.2 Å². The molecule has 0 radical (unpaired) electrons. The summed E-state index contributed by atoms with van der Waals surface area (Å²) in [4.78, 5) is 72.5. The van der Waals surface area contributed by atoms with E-state index in [2.05, 4.69) is 16.0 Å².